The minimum Gasteiger partial charge on any atom is -0.356 e. The molecular formula is C44H61N17O8. The summed E-state index contributed by atoms with van der Waals surface area (Å²) >= 11 is 0. The molecule has 5 aromatic heterocycles. The van der Waals surface area contributed by atoms with Crippen molar-refractivity contribution in [3.8, 4) is 0 Å². The van der Waals surface area contributed by atoms with Crippen molar-refractivity contribution in [2.75, 3.05) is 54.0 Å². The highest BCUT2D eigenvalue weighted by Gasteiger charge is 2.21. The van der Waals surface area contributed by atoms with Crippen LogP contribution in [0, 0.1) is 0 Å². The zero-order chi connectivity index (χ0) is 50.0. The fraction of sp³-hybridized carbons (Fsp3) is 0.432. The number of anilines is 4. The number of aromatic nitrogens is 8. The molecule has 0 atom stereocenters. The van der Waals surface area contributed by atoms with Crippen LogP contribution in [0.4, 0.5) is 23.0 Å². The van der Waals surface area contributed by atoms with E-state index < -0.39 is 41.4 Å². The molecule has 0 unspecified atom stereocenters. The Kier molecular flexibility index (Phi) is 18.9. The summed E-state index contributed by atoms with van der Waals surface area (Å²) in [5, 5.41) is 21.5. The number of nitrogens with one attached hydrogen (secondary N) is 8. The lowest BCUT2D eigenvalue weighted by Gasteiger charge is -2.07. The lowest BCUT2D eigenvalue weighted by atomic mass is 10.1. The molecule has 0 spiro atoms. The summed E-state index contributed by atoms with van der Waals surface area (Å²) in [4.78, 5) is 114. The van der Waals surface area contributed by atoms with Crippen LogP contribution in [0.1, 0.15) is 111 Å². The van der Waals surface area contributed by atoms with Crippen molar-refractivity contribution in [3.63, 3.8) is 0 Å². The summed E-state index contributed by atoms with van der Waals surface area (Å²) in [5.41, 5.74) is 6.62. The summed E-state index contributed by atoms with van der Waals surface area (Å²) in [6.45, 7) is 1.35. The molecule has 0 saturated heterocycles. The summed E-state index contributed by atoms with van der Waals surface area (Å²) in [6, 6.07) is 2.95. The fourth-order valence-corrected chi connectivity index (χ4v) is 6.98. The number of nitrogens with zero attached hydrogens (tertiary/aromatic N) is 8. The smallest absolute Gasteiger partial charge is 0.291 e. The number of rotatable bonds is 26. The van der Waals surface area contributed by atoms with E-state index in [0.717, 1.165) is 38.5 Å². The molecule has 0 aromatic carbocycles. The van der Waals surface area contributed by atoms with Gasteiger partial charge >= 0.3 is 0 Å². The van der Waals surface area contributed by atoms with E-state index in [0.29, 0.717) is 18.8 Å². The number of unbranched alkanes of at least 4 members (excludes halogenated alkanes) is 5. The Labute approximate surface area is 397 Å². The third-order valence-corrected chi connectivity index (χ3v) is 10.6. The Morgan fingerprint density at radius 3 is 1.41 bits per heavy atom. The lowest BCUT2D eigenvalue weighted by molar-refractivity contribution is -0.121. The SMILES string of the molecule is Cn1cc(NC(=O)c2nc(NC(=O)CCNC(=O)c3cc(NC(=O)c4nccn4C)cn3C)cn2C)cc1C(=O)NCCC(=O)Nc1cn(C)c(C(=O)NCCC(=O)NCCCCCCCCN)n1. The number of carbonyl (C=O) groups is 8. The molecule has 0 aliphatic heterocycles. The van der Waals surface area contributed by atoms with Crippen LogP contribution >= 0.6 is 0 Å². The number of amides is 8. The molecule has 0 aliphatic carbocycles. The van der Waals surface area contributed by atoms with Gasteiger partial charge in [0.2, 0.25) is 29.4 Å². The summed E-state index contributed by atoms with van der Waals surface area (Å²) in [5.74, 6) is -3.21. The summed E-state index contributed by atoms with van der Waals surface area (Å²) in [6.07, 6.45) is 15.4. The van der Waals surface area contributed by atoms with Gasteiger partial charge in [-0.15, -0.1) is 0 Å². The van der Waals surface area contributed by atoms with Gasteiger partial charge in [-0.25, -0.2) is 15.0 Å². The number of hydrogen-bond donors (Lipinski definition) is 9. The van der Waals surface area contributed by atoms with E-state index >= 15 is 0 Å². The Hall–Kier alpha value is -8.09. The second-order valence-corrected chi connectivity index (χ2v) is 16.2. The summed E-state index contributed by atoms with van der Waals surface area (Å²) < 4.78 is 7.45. The van der Waals surface area contributed by atoms with Crippen LogP contribution in [0.2, 0.25) is 0 Å². The van der Waals surface area contributed by atoms with Gasteiger partial charge in [0.25, 0.3) is 29.5 Å². The van der Waals surface area contributed by atoms with Crippen molar-refractivity contribution in [2.45, 2.75) is 57.8 Å². The monoisotopic (exact) mass is 955 g/mol. The molecule has 370 valence electrons. The van der Waals surface area contributed by atoms with E-state index in [1.54, 1.807) is 52.2 Å². The topological polar surface area (TPSA) is 322 Å². The predicted octanol–water partition coefficient (Wildman–Crippen LogP) is 1.12. The molecule has 0 bridgehead atoms. The largest absolute Gasteiger partial charge is 0.356 e. The van der Waals surface area contributed by atoms with Crippen molar-refractivity contribution in [1.82, 2.24) is 59.1 Å². The van der Waals surface area contributed by atoms with Gasteiger partial charge in [0, 0.05) is 118 Å². The second-order valence-electron chi connectivity index (χ2n) is 16.2. The molecule has 0 saturated carbocycles. The van der Waals surface area contributed by atoms with Crippen molar-refractivity contribution in [3.05, 3.63) is 78.2 Å². The molecule has 5 aromatic rings. The number of nitrogens with two attached hydrogens (primary N) is 1. The zero-order valence-electron chi connectivity index (χ0n) is 39.4. The molecule has 5 rings (SSSR count). The molecule has 8 amide bonds. The first-order valence-corrected chi connectivity index (χ1v) is 22.4. The zero-order valence-corrected chi connectivity index (χ0v) is 39.4. The lowest BCUT2D eigenvalue weighted by Crippen LogP contribution is -2.32. The van der Waals surface area contributed by atoms with Crippen LogP contribution < -0.4 is 48.3 Å². The molecule has 5 heterocycles. The van der Waals surface area contributed by atoms with Crippen LogP contribution in [-0.4, -0.2) is 118 Å². The minimum atomic E-state index is -0.623. The predicted molar refractivity (Wildman–Crippen MR) is 254 cm³/mol. The van der Waals surface area contributed by atoms with Crippen LogP contribution in [0.15, 0.2) is 49.3 Å². The third-order valence-electron chi connectivity index (χ3n) is 10.6. The highest BCUT2D eigenvalue weighted by molar-refractivity contribution is 6.04. The van der Waals surface area contributed by atoms with E-state index in [-0.39, 0.29) is 91.0 Å². The van der Waals surface area contributed by atoms with Gasteiger partial charge in [-0.3, -0.25) is 38.4 Å². The van der Waals surface area contributed by atoms with Crippen molar-refractivity contribution in [1.29, 1.82) is 0 Å². The average molecular weight is 956 g/mol. The maximum Gasteiger partial charge on any atom is 0.291 e. The number of carbonyl (C=O) groups excluding carboxylic acids is 8. The van der Waals surface area contributed by atoms with Crippen molar-refractivity contribution >= 4 is 70.3 Å². The molecule has 0 fully saturated rings. The Morgan fingerprint density at radius 2 is 0.913 bits per heavy atom. The van der Waals surface area contributed by atoms with Crippen LogP contribution in [-0.2, 0) is 49.6 Å². The first-order valence-electron chi connectivity index (χ1n) is 22.4. The fourth-order valence-electron chi connectivity index (χ4n) is 6.98. The Bertz CT molecular complexity index is 2630. The van der Waals surface area contributed by atoms with Crippen LogP contribution in [0.3, 0.4) is 0 Å². The number of hydrogen-bond acceptors (Lipinski definition) is 12. The first kappa shape index (κ1) is 51.9. The maximum atomic E-state index is 13.2. The van der Waals surface area contributed by atoms with Crippen LogP contribution in [0.25, 0.3) is 0 Å². The third kappa shape index (κ3) is 15.5. The standard InChI is InChI=1S/C44H61N17O8/c1-57-21-20-47-37(57)43(68)51-28-22-30(58(2)24-28)40(65)48-19-14-36(64)54-33-27-61(5)39(56-33)44(69)52-29-23-31(59(3)25-29)41(66)49-18-13-35(63)53-32-26-60(4)38(55-32)42(67)50-17-12-34(62)46-16-11-9-7-6-8-10-15-45/h20-27H,6-19,45H2,1-5H3,(H,46,62)(H,48,65)(H,49,66)(H,50,67)(H,51,68)(H,52,69)(H,53,63)(H,54,64). The quantitative estimate of drug-likeness (QED) is 0.0353. The molecule has 25 nitrogen and oxygen atoms in total. The molecule has 25 heteroatoms. The highest BCUT2D eigenvalue weighted by Crippen LogP contribution is 2.17. The van der Waals surface area contributed by atoms with Gasteiger partial charge in [-0.2, -0.15) is 0 Å². The Morgan fingerprint density at radius 1 is 0.464 bits per heavy atom. The molecule has 10 N–H and O–H groups in total. The van der Waals surface area contributed by atoms with Gasteiger partial charge in [0.05, 0.1) is 11.4 Å². The van der Waals surface area contributed by atoms with E-state index in [4.69, 9.17) is 5.73 Å². The molecule has 0 radical (unpaired) electrons. The van der Waals surface area contributed by atoms with Gasteiger partial charge < -0.3 is 71.1 Å². The van der Waals surface area contributed by atoms with E-state index in [2.05, 4.69) is 57.5 Å². The van der Waals surface area contributed by atoms with Gasteiger partial charge in [0.15, 0.2) is 17.5 Å². The van der Waals surface area contributed by atoms with Gasteiger partial charge in [-0.05, 0) is 31.5 Å². The summed E-state index contributed by atoms with van der Waals surface area (Å²) in [7, 11) is 8.09. The van der Waals surface area contributed by atoms with Gasteiger partial charge in [-0.1, -0.05) is 25.7 Å². The minimum absolute atomic E-state index is 0.0158. The van der Waals surface area contributed by atoms with Crippen molar-refractivity contribution in [2.24, 2.45) is 41.0 Å². The van der Waals surface area contributed by atoms with Crippen LogP contribution in [0.5, 0.6) is 0 Å². The number of imidazole rings is 3. The highest BCUT2D eigenvalue weighted by atomic mass is 16.2. The van der Waals surface area contributed by atoms with E-state index in [1.165, 1.54) is 55.2 Å². The second kappa shape index (κ2) is 25.2. The molecule has 69 heavy (non-hydrogen) atoms. The van der Waals surface area contributed by atoms with E-state index in [1.807, 2.05) is 0 Å². The maximum absolute atomic E-state index is 13.2. The van der Waals surface area contributed by atoms with Gasteiger partial charge in [0.1, 0.15) is 11.4 Å². The number of aryl methyl sites for hydroxylation is 5. The Balaban J connectivity index is 0.986. The van der Waals surface area contributed by atoms with Crippen molar-refractivity contribution < 1.29 is 38.4 Å². The average Bonchev–Trinajstić information content (AvgIpc) is 4.13. The molecular weight excluding hydrogens is 895 g/mol. The first-order chi connectivity index (χ1) is 33.0. The van der Waals surface area contributed by atoms with E-state index in [9.17, 15) is 38.4 Å². The normalized spacial score (nSPS) is 10.9. The molecule has 0 aliphatic rings.